The van der Waals surface area contributed by atoms with E-state index in [2.05, 4.69) is 33.9 Å². The lowest BCUT2D eigenvalue weighted by Gasteiger charge is -2.37. The van der Waals surface area contributed by atoms with E-state index in [1.54, 1.807) is 6.26 Å². The topological polar surface area (TPSA) is 44.5 Å². The second-order valence-electron chi connectivity index (χ2n) is 4.93. The minimum atomic E-state index is 0.677. The molecule has 1 aromatic heterocycles. The SMILES string of the molecule is CCC(C)N1CCN(c2nc(CNC)co2)CC1. The highest BCUT2D eigenvalue weighted by atomic mass is 16.4. The summed E-state index contributed by atoms with van der Waals surface area (Å²) in [6, 6.07) is 1.45. The molecule has 1 atom stereocenters. The first-order chi connectivity index (χ1) is 8.74. The molecule has 1 N–H and O–H groups in total. The van der Waals surface area contributed by atoms with Gasteiger partial charge >= 0.3 is 0 Å². The molecule has 2 rings (SSSR count). The highest BCUT2D eigenvalue weighted by molar-refractivity contribution is 5.28. The zero-order valence-corrected chi connectivity index (χ0v) is 11.6. The lowest BCUT2D eigenvalue weighted by atomic mass is 10.2. The van der Waals surface area contributed by atoms with Gasteiger partial charge in [-0.25, -0.2) is 0 Å². The molecule has 0 bridgehead atoms. The Balaban J connectivity index is 1.88. The fraction of sp³-hybridized carbons (Fsp3) is 0.769. The molecule has 1 saturated heterocycles. The minimum Gasteiger partial charge on any atom is -0.432 e. The predicted molar refractivity (Wildman–Crippen MR) is 72.8 cm³/mol. The van der Waals surface area contributed by atoms with Crippen LogP contribution in [0.4, 0.5) is 6.01 Å². The molecule has 1 fully saturated rings. The van der Waals surface area contributed by atoms with Crippen LogP contribution in [0.2, 0.25) is 0 Å². The van der Waals surface area contributed by atoms with Crippen molar-refractivity contribution in [2.45, 2.75) is 32.9 Å². The second-order valence-corrected chi connectivity index (χ2v) is 4.93. The summed E-state index contributed by atoms with van der Waals surface area (Å²) >= 11 is 0. The zero-order chi connectivity index (χ0) is 13.0. The molecule has 1 unspecified atom stereocenters. The molecular weight excluding hydrogens is 228 g/mol. The quantitative estimate of drug-likeness (QED) is 0.856. The maximum absolute atomic E-state index is 5.54. The van der Waals surface area contributed by atoms with E-state index in [0.717, 1.165) is 44.4 Å². The third-order valence-electron chi connectivity index (χ3n) is 3.70. The Bertz CT molecular complexity index is 358. The Morgan fingerprint density at radius 3 is 2.72 bits per heavy atom. The summed E-state index contributed by atoms with van der Waals surface area (Å²) in [4.78, 5) is 9.26. The van der Waals surface area contributed by atoms with Gasteiger partial charge < -0.3 is 14.6 Å². The number of piperazine rings is 1. The van der Waals surface area contributed by atoms with Gasteiger partial charge in [0.15, 0.2) is 0 Å². The van der Waals surface area contributed by atoms with Gasteiger partial charge in [0.05, 0.1) is 5.69 Å². The van der Waals surface area contributed by atoms with E-state index in [-0.39, 0.29) is 0 Å². The van der Waals surface area contributed by atoms with Gasteiger partial charge in [-0.1, -0.05) is 6.92 Å². The lowest BCUT2D eigenvalue weighted by molar-refractivity contribution is 0.190. The van der Waals surface area contributed by atoms with Gasteiger partial charge in [-0.05, 0) is 20.4 Å². The average molecular weight is 252 g/mol. The van der Waals surface area contributed by atoms with E-state index in [4.69, 9.17) is 4.42 Å². The number of oxazole rings is 1. The molecule has 0 aromatic carbocycles. The van der Waals surface area contributed by atoms with Crippen molar-refractivity contribution < 1.29 is 4.42 Å². The summed E-state index contributed by atoms with van der Waals surface area (Å²) in [5, 5.41) is 3.08. The zero-order valence-electron chi connectivity index (χ0n) is 11.6. The van der Waals surface area contributed by atoms with Crippen molar-refractivity contribution in [1.29, 1.82) is 0 Å². The van der Waals surface area contributed by atoms with E-state index in [0.29, 0.717) is 6.04 Å². The van der Waals surface area contributed by atoms with Crippen molar-refractivity contribution in [1.82, 2.24) is 15.2 Å². The minimum absolute atomic E-state index is 0.677. The normalized spacial score (nSPS) is 19.2. The Kier molecular flexibility index (Phi) is 4.60. The largest absolute Gasteiger partial charge is 0.432 e. The molecule has 1 aliphatic heterocycles. The standard InChI is InChI=1S/C13H24N4O/c1-4-11(2)16-5-7-17(8-6-16)13-15-12(9-14-3)10-18-13/h10-11,14H,4-9H2,1-3H3. The van der Waals surface area contributed by atoms with Crippen LogP contribution in [-0.4, -0.2) is 49.2 Å². The molecule has 0 amide bonds. The van der Waals surface area contributed by atoms with Gasteiger partial charge in [0, 0.05) is 38.8 Å². The number of nitrogens with zero attached hydrogens (tertiary/aromatic N) is 3. The summed E-state index contributed by atoms with van der Waals surface area (Å²) in [5.41, 5.74) is 0.969. The van der Waals surface area contributed by atoms with Crippen molar-refractivity contribution in [2.75, 3.05) is 38.1 Å². The number of hydrogen-bond acceptors (Lipinski definition) is 5. The fourth-order valence-corrected chi connectivity index (χ4v) is 2.32. The summed E-state index contributed by atoms with van der Waals surface area (Å²) in [6.07, 6.45) is 2.96. The van der Waals surface area contributed by atoms with E-state index in [1.807, 2.05) is 7.05 Å². The number of aromatic nitrogens is 1. The fourth-order valence-electron chi connectivity index (χ4n) is 2.32. The van der Waals surface area contributed by atoms with E-state index in [9.17, 15) is 0 Å². The Morgan fingerprint density at radius 2 is 2.11 bits per heavy atom. The monoisotopic (exact) mass is 252 g/mol. The highest BCUT2D eigenvalue weighted by Crippen LogP contribution is 2.17. The third kappa shape index (κ3) is 3.03. The Labute approximate surface area is 109 Å². The molecule has 5 nitrogen and oxygen atoms in total. The van der Waals surface area contributed by atoms with Crippen LogP contribution in [0.25, 0.3) is 0 Å². The van der Waals surface area contributed by atoms with Gasteiger partial charge in [-0.3, -0.25) is 4.90 Å². The second kappa shape index (κ2) is 6.20. The van der Waals surface area contributed by atoms with Crippen molar-refractivity contribution in [3.8, 4) is 0 Å². The van der Waals surface area contributed by atoms with Crippen LogP contribution in [-0.2, 0) is 6.54 Å². The van der Waals surface area contributed by atoms with Crippen molar-refractivity contribution >= 4 is 6.01 Å². The Hall–Kier alpha value is -1.07. The van der Waals surface area contributed by atoms with Gasteiger partial charge in [0.1, 0.15) is 6.26 Å². The Morgan fingerprint density at radius 1 is 1.39 bits per heavy atom. The van der Waals surface area contributed by atoms with E-state index in [1.165, 1.54) is 6.42 Å². The van der Waals surface area contributed by atoms with Crippen LogP contribution in [0, 0.1) is 0 Å². The lowest BCUT2D eigenvalue weighted by Crippen LogP contribution is -2.49. The first-order valence-electron chi connectivity index (χ1n) is 6.82. The molecule has 0 aliphatic carbocycles. The summed E-state index contributed by atoms with van der Waals surface area (Å²) in [6.45, 7) is 9.50. The molecule has 0 saturated carbocycles. The first kappa shape index (κ1) is 13.4. The summed E-state index contributed by atoms with van der Waals surface area (Å²) in [5.74, 6) is 0. The van der Waals surface area contributed by atoms with Crippen LogP contribution < -0.4 is 10.2 Å². The van der Waals surface area contributed by atoms with Crippen LogP contribution in [0.3, 0.4) is 0 Å². The first-order valence-corrected chi connectivity index (χ1v) is 6.82. The van der Waals surface area contributed by atoms with Crippen LogP contribution >= 0.6 is 0 Å². The summed E-state index contributed by atoms with van der Waals surface area (Å²) < 4.78 is 5.54. The van der Waals surface area contributed by atoms with Crippen molar-refractivity contribution in [3.63, 3.8) is 0 Å². The number of rotatable bonds is 5. The smallest absolute Gasteiger partial charge is 0.297 e. The molecule has 18 heavy (non-hydrogen) atoms. The molecule has 0 radical (unpaired) electrons. The highest BCUT2D eigenvalue weighted by Gasteiger charge is 2.22. The molecular formula is C13H24N4O. The van der Waals surface area contributed by atoms with Crippen molar-refractivity contribution in [3.05, 3.63) is 12.0 Å². The number of nitrogens with one attached hydrogen (secondary N) is 1. The van der Waals surface area contributed by atoms with Gasteiger partial charge in [0.25, 0.3) is 6.01 Å². The average Bonchev–Trinajstić information content (AvgIpc) is 2.87. The molecule has 1 aromatic rings. The van der Waals surface area contributed by atoms with Crippen LogP contribution in [0.1, 0.15) is 26.0 Å². The summed E-state index contributed by atoms with van der Waals surface area (Å²) in [7, 11) is 1.92. The van der Waals surface area contributed by atoms with E-state index >= 15 is 0 Å². The van der Waals surface area contributed by atoms with Gasteiger partial charge in [-0.15, -0.1) is 0 Å². The maximum atomic E-state index is 5.54. The molecule has 102 valence electrons. The van der Waals surface area contributed by atoms with Gasteiger partial charge in [-0.2, -0.15) is 4.98 Å². The molecule has 0 spiro atoms. The third-order valence-corrected chi connectivity index (χ3v) is 3.70. The number of hydrogen-bond donors (Lipinski definition) is 1. The van der Waals surface area contributed by atoms with Gasteiger partial charge in [0.2, 0.25) is 0 Å². The van der Waals surface area contributed by atoms with Crippen LogP contribution in [0.5, 0.6) is 0 Å². The number of anilines is 1. The van der Waals surface area contributed by atoms with Crippen molar-refractivity contribution in [2.24, 2.45) is 0 Å². The molecule has 2 heterocycles. The predicted octanol–water partition coefficient (Wildman–Crippen LogP) is 1.31. The molecule has 5 heteroatoms. The van der Waals surface area contributed by atoms with E-state index < -0.39 is 0 Å². The maximum Gasteiger partial charge on any atom is 0.297 e. The molecule has 1 aliphatic rings. The van der Waals surface area contributed by atoms with Crippen LogP contribution in [0.15, 0.2) is 10.7 Å².